The molecule has 1 unspecified atom stereocenters. The molecule has 6 nitrogen and oxygen atoms in total. The Morgan fingerprint density at radius 2 is 2.25 bits per heavy atom. The number of carbonyl (C=O) groups is 1. The summed E-state index contributed by atoms with van der Waals surface area (Å²) < 4.78 is 0. The number of rotatable bonds is 5. The maximum atomic E-state index is 12.7. The zero-order valence-corrected chi connectivity index (χ0v) is 18.5. The van der Waals surface area contributed by atoms with E-state index in [1.54, 1.807) is 23.2 Å². The van der Waals surface area contributed by atoms with E-state index in [-0.39, 0.29) is 11.5 Å². The Morgan fingerprint density at radius 3 is 3.00 bits per heavy atom. The number of thioether (sulfide) groups is 1. The first-order valence-corrected chi connectivity index (χ1v) is 12.0. The van der Waals surface area contributed by atoms with Crippen LogP contribution in [-0.4, -0.2) is 27.4 Å². The van der Waals surface area contributed by atoms with E-state index in [9.17, 15) is 9.59 Å². The number of nitrogens with one attached hydrogen (secondary N) is 1. The molecule has 28 heavy (non-hydrogen) atoms. The zero-order chi connectivity index (χ0) is 19.8. The van der Waals surface area contributed by atoms with Crippen molar-refractivity contribution in [3.8, 4) is 0 Å². The largest absolute Gasteiger partial charge is 0.301 e. The topological polar surface area (TPSA) is 79.0 Å². The van der Waals surface area contributed by atoms with Gasteiger partial charge in [-0.05, 0) is 37.7 Å². The molecule has 1 N–H and O–H groups in total. The van der Waals surface area contributed by atoms with Crippen LogP contribution in [0.25, 0.3) is 10.2 Å². The molecule has 0 radical (unpaired) electrons. The van der Waals surface area contributed by atoms with Crippen LogP contribution >= 0.6 is 34.4 Å². The van der Waals surface area contributed by atoms with Gasteiger partial charge in [0.1, 0.15) is 4.83 Å². The molecule has 0 spiro atoms. The van der Waals surface area contributed by atoms with E-state index in [1.807, 2.05) is 12.3 Å². The van der Waals surface area contributed by atoms with Crippen molar-refractivity contribution in [1.82, 2.24) is 15.0 Å². The predicted octanol–water partition coefficient (Wildman–Crippen LogP) is 4.23. The Morgan fingerprint density at radius 1 is 1.43 bits per heavy atom. The van der Waals surface area contributed by atoms with E-state index >= 15 is 0 Å². The quantitative estimate of drug-likeness (QED) is 0.480. The number of thiophene rings is 1. The number of nitrogens with zero attached hydrogens (tertiary/aromatic N) is 3. The SMILES string of the molecule is CCN(C(C)=O)c1nc(CSc2nc3sc4c(c3c(=O)[nH]2)CCC(C)C4)cs1. The average Bonchev–Trinajstić information content (AvgIpc) is 3.24. The predicted molar refractivity (Wildman–Crippen MR) is 117 cm³/mol. The Kier molecular flexibility index (Phi) is 5.57. The summed E-state index contributed by atoms with van der Waals surface area (Å²) in [7, 11) is 0. The molecule has 9 heteroatoms. The minimum Gasteiger partial charge on any atom is -0.301 e. The van der Waals surface area contributed by atoms with Gasteiger partial charge in [0, 0.05) is 29.5 Å². The molecule has 148 valence electrons. The van der Waals surface area contributed by atoms with Crippen molar-refractivity contribution in [1.29, 1.82) is 0 Å². The van der Waals surface area contributed by atoms with Crippen molar-refractivity contribution in [2.24, 2.45) is 5.92 Å². The highest BCUT2D eigenvalue weighted by atomic mass is 32.2. The third kappa shape index (κ3) is 3.75. The monoisotopic (exact) mass is 434 g/mol. The second-order valence-electron chi connectivity index (χ2n) is 7.08. The van der Waals surface area contributed by atoms with Crippen LogP contribution < -0.4 is 10.5 Å². The molecule has 4 rings (SSSR count). The fraction of sp³-hybridized carbons (Fsp3) is 0.474. The molecule has 0 saturated heterocycles. The van der Waals surface area contributed by atoms with E-state index in [1.165, 1.54) is 33.5 Å². The highest BCUT2D eigenvalue weighted by molar-refractivity contribution is 7.98. The number of thiazole rings is 1. The Bertz CT molecular complexity index is 1080. The first-order chi connectivity index (χ1) is 13.5. The number of hydrogen-bond donors (Lipinski definition) is 1. The molecule has 1 amide bonds. The molecule has 3 aromatic rings. The van der Waals surface area contributed by atoms with Gasteiger partial charge in [-0.2, -0.15) is 0 Å². The van der Waals surface area contributed by atoms with Crippen LogP contribution in [0.4, 0.5) is 5.13 Å². The standard InChI is InChI=1S/C19H22N4O2S3/c1-4-23(11(3)24)19-20-12(9-27-19)8-26-18-21-16(25)15-13-6-5-10(2)7-14(13)28-17(15)22-18/h9-10H,4-8H2,1-3H3,(H,21,22,25). The number of fused-ring (bicyclic) bond motifs is 3. The molecule has 0 bridgehead atoms. The van der Waals surface area contributed by atoms with Gasteiger partial charge in [-0.1, -0.05) is 18.7 Å². The normalized spacial score (nSPS) is 16.3. The average molecular weight is 435 g/mol. The second kappa shape index (κ2) is 7.96. The van der Waals surface area contributed by atoms with E-state index < -0.39 is 0 Å². The summed E-state index contributed by atoms with van der Waals surface area (Å²) >= 11 is 4.60. The van der Waals surface area contributed by atoms with Crippen LogP contribution in [0.2, 0.25) is 0 Å². The highest BCUT2D eigenvalue weighted by Gasteiger charge is 2.23. The van der Waals surface area contributed by atoms with Crippen molar-refractivity contribution in [2.45, 2.75) is 50.9 Å². The molecule has 3 aromatic heterocycles. The molecule has 0 fully saturated rings. The number of carbonyl (C=O) groups excluding carboxylic acids is 1. The number of anilines is 1. The van der Waals surface area contributed by atoms with Crippen LogP contribution in [0.3, 0.4) is 0 Å². The van der Waals surface area contributed by atoms with Crippen molar-refractivity contribution in [3.05, 3.63) is 31.9 Å². The van der Waals surface area contributed by atoms with Gasteiger partial charge >= 0.3 is 0 Å². The molecule has 3 heterocycles. The van der Waals surface area contributed by atoms with Gasteiger partial charge in [0.15, 0.2) is 10.3 Å². The summed E-state index contributed by atoms with van der Waals surface area (Å²) in [4.78, 5) is 40.4. The zero-order valence-electron chi connectivity index (χ0n) is 16.1. The van der Waals surface area contributed by atoms with E-state index in [0.29, 0.717) is 28.5 Å². The summed E-state index contributed by atoms with van der Waals surface area (Å²) in [5.74, 6) is 1.26. The molecule has 0 aromatic carbocycles. The molecular weight excluding hydrogens is 412 g/mol. The molecular formula is C19H22N4O2S3. The van der Waals surface area contributed by atoms with Crippen molar-refractivity contribution < 1.29 is 4.79 Å². The second-order valence-corrected chi connectivity index (χ2v) is 9.96. The van der Waals surface area contributed by atoms with Gasteiger partial charge in [0.25, 0.3) is 5.56 Å². The summed E-state index contributed by atoms with van der Waals surface area (Å²) in [6.45, 7) is 6.34. The fourth-order valence-electron chi connectivity index (χ4n) is 3.52. The van der Waals surface area contributed by atoms with Crippen LogP contribution in [0.5, 0.6) is 0 Å². The minimum atomic E-state index is -0.0349. The molecule has 1 aliphatic carbocycles. The third-order valence-corrected chi connectivity index (χ3v) is 7.93. The van der Waals surface area contributed by atoms with E-state index in [4.69, 9.17) is 4.98 Å². The lowest BCUT2D eigenvalue weighted by Gasteiger charge is -2.17. The number of amides is 1. The Hall–Kier alpha value is -1.71. The molecule has 1 aliphatic rings. The van der Waals surface area contributed by atoms with Crippen molar-refractivity contribution >= 4 is 55.7 Å². The van der Waals surface area contributed by atoms with Crippen LogP contribution in [-0.2, 0) is 23.4 Å². The smallest absolute Gasteiger partial charge is 0.260 e. The lowest BCUT2D eigenvalue weighted by Crippen LogP contribution is -2.27. The van der Waals surface area contributed by atoms with Crippen molar-refractivity contribution in [3.63, 3.8) is 0 Å². The minimum absolute atomic E-state index is 0.0107. The Balaban J connectivity index is 1.54. The van der Waals surface area contributed by atoms with Crippen LogP contribution in [0, 0.1) is 5.92 Å². The van der Waals surface area contributed by atoms with Gasteiger partial charge in [-0.25, -0.2) is 9.97 Å². The maximum absolute atomic E-state index is 12.7. The first kappa shape index (κ1) is 19.6. The summed E-state index contributed by atoms with van der Waals surface area (Å²) in [5.41, 5.74) is 2.05. The number of aromatic nitrogens is 3. The third-order valence-electron chi connectivity index (χ3n) is 4.97. The summed E-state index contributed by atoms with van der Waals surface area (Å²) in [5, 5.41) is 4.07. The number of aryl methyl sites for hydroxylation is 1. The molecule has 1 atom stereocenters. The fourth-order valence-corrected chi connectivity index (χ4v) is 6.75. The highest BCUT2D eigenvalue weighted by Crippen LogP contribution is 2.36. The first-order valence-electron chi connectivity index (χ1n) is 9.36. The van der Waals surface area contributed by atoms with Crippen LogP contribution in [0.15, 0.2) is 15.3 Å². The van der Waals surface area contributed by atoms with Gasteiger partial charge in [0.05, 0.1) is 11.1 Å². The van der Waals surface area contributed by atoms with Crippen LogP contribution in [0.1, 0.15) is 43.3 Å². The van der Waals surface area contributed by atoms with E-state index in [2.05, 4.69) is 16.9 Å². The van der Waals surface area contributed by atoms with Crippen molar-refractivity contribution in [2.75, 3.05) is 11.4 Å². The summed E-state index contributed by atoms with van der Waals surface area (Å²) in [6, 6.07) is 0. The maximum Gasteiger partial charge on any atom is 0.260 e. The number of hydrogen-bond acceptors (Lipinski definition) is 7. The Labute approximate surface area is 175 Å². The van der Waals surface area contributed by atoms with Gasteiger partial charge in [0.2, 0.25) is 5.91 Å². The van der Waals surface area contributed by atoms with Gasteiger partial charge in [-0.15, -0.1) is 22.7 Å². The molecule has 0 saturated carbocycles. The van der Waals surface area contributed by atoms with E-state index in [0.717, 1.165) is 35.2 Å². The summed E-state index contributed by atoms with van der Waals surface area (Å²) in [6.07, 6.45) is 3.15. The lowest BCUT2D eigenvalue weighted by atomic mass is 9.89. The van der Waals surface area contributed by atoms with Gasteiger partial charge in [-0.3, -0.25) is 14.5 Å². The number of aromatic amines is 1. The van der Waals surface area contributed by atoms with Gasteiger partial charge < -0.3 is 4.98 Å². The lowest BCUT2D eigenvalue weighted by molar-refractivity contribution is -0.116. The number of H-pyrrole nitrogens is 1. The molecule has 0 aliphatic heterocycles.